The third-order valence-electron chi connectivity index (χ3n) is 3.25. The predicted molar refractivity (Wildman–Crippen MR) is 93.6 cm³/mol. The number of benzene rings is 1. The van der Waals surface area contributed by atoms with Crippen LogP contribution in [0.5, 0.6) is 5.75 Å². The van der Waals surface area contributed by atoms with E-state index in [9.17, 15) is 29.1 Å². The molecule has 0 spiro atoms. The highest BCUT2D eigenvalue weighted by molar-refractivity contribution is 14.1. The zero-order valence-electron chi connectivity index (χ0n) is 13.0. The van der Waals surface area contributed by atoms with Gasteiger partial charge in [-0.05, 0) is 17.7 Å². The molecule has 11 heteroatoms. The lowest BCUT2D eigenvalue weighted by Crippen LogP contribution is -2.47. The second-order valence-electron chi connectivity index (χ2n) is 5.06. The van der Waals surface area contributed by atoms with Crippen molar-refractivity contribution in [2.24, 2.45) is 0 Å². The molecule has 0 fully saturated rings. The van der Waals surface area contributed by atoms with Crippen molar-refractivity contribution in [2.45, 2.75) is 12.5 Å². The second-order valence-corrected chi connectivity index (χ2v) is 6.05. The normalized spacial score (nSPS) is 11.4. The van der Waals surface area contributed by atoms with Gasteiger partial charge >= 0.3 is 0 Å². The Labute approximate surface area is 160 Å². The quantitative estimate of drug-likeness (QED) is 0.226. The van der Waals surface area contributed by atoms with Crippen LogP contribution in [0.1, 0.15) is 16.1 Å². The van der Waals surface area contributed by atoms with E-state index >= 15 is 0 Å². The molecule has 1 heterocycles. The van der Waals surface area contributed by atoms with Gasteiger partial charge in [0.05, 0.1) is 29.1 Å². The van der Waals surface area contributed by atoms with E-state index in [4.69, 9.17) is 0 Å². The van der Waals surface area contributed by atoms with Crippen molar-refractivity contribution in [3.05, 3.63) is 41.7 Å². The molecule has 0 saturated heterocycles. The lowest BCUT2D eigenvalue weighted by molar-refractivity contribution is -0.146. The molecule has 26 heavy (non-hydrogen) atoms. The van der Waals surface area contributed by atoms with Crippen LogP contribution in [0, 0.1) is 0 Å². The number of carbonyl (C=O) groups is 5. The van der Waals surface area contributed by atoms with E-state index in [0.29, 0.717) is 5.56 Å². The molecule has 134 valence electrons. The highest BCUT2D eigenvalue weighted by Gasteiger charge is 2.31. The Morgan fingerprint density at radius 2 is 1.88 bits per heavy atom. The summed E-state index contributed by atoms with van der Waals surface area (Å²) in [5.41, 5.74) is 0.405. The largest absolute Gasteiger partial charge is 0.508 e. The number of phenolic OH excluding ortho intramolecular Hbond substituents is 1. The number of phenols is 1. The number of amides is 1. The molecule has 0 aliphatic rings. The summed E-state index contributed by atoms with van der Waals surface area (Å²) in [5, 5.41) is 18.8. The monoisotopic (exact) mass is 470 g/mol. The fourth-order valence-electron chi connectivity index (χ4n) is 1.99. The van der Waals surface area contributed by atoms with Gasteiger partial charge in [-0.15, -0.1) is 5.10 Å². The molecule has 1 atom stereocenters. The Morgan fingerprint density at radius 1 is 1.23 bits per heavy atom. The first-order valence-corrected chi connectivity index (χ1v) is 8.03. The molecule has 2 N–H and O–H groups in total. The second kappa shape index (κ2) is 8.42. The van der Waals surface area contributed by atoms with E-state index in [1.165, 1.54) is 33.4 Å². The lowest BCUT2D eigenvalue weighted by atomic mass is 9.98. The zero-order chi connectivity index (χ0) is 19.3. The average molecular weight is 470 g/mol. The molecule has 2 aromatic rings. The maximum atomic E-state index is 12.3. The first-order valence-electron chi connectivity index (χ1n) is 7.06. The molecule has 0 radical (unpaired) electrons. The van der Waals surface area contributed by atoms with Crippen LogP contribution in [-0.2, 0) is 25.6 Å². The fourth-order valence-corrected chi connectivity index (χ4v) is 2.35. The summed E-state index contributed by atoms with van der Waals surface area (Å²) in [5.74, 6) is -5.05. The van der Waals surface area contributed by atoms with Crippen LogP contribution in [0.4, 0.5) is 0 Å². The van der Waals surface area contributed by atoms with E-state index in [1.54, 1.807) is 22.9 Å². The number of hydrogen-bond acceptors (Lipinski definition) is 8. The number of nitrogens with zero attached hydrogens (tertiary/aromatic N) is 3. The van der Waals surface area contributed by atoms with Gasteiger partial charge in [-0.25, -0.2) is 0 Å². The molecule has 1 aromatic carbocycles. The predicted octanol–water partition coefficient (Wildman–Crippen LogP) is -0.571. The van der Waals surface area contributed by atoms with Crippen LogP contribution in [0.3, 0.4) is 0 Å². The number of aromatic hydroxyl groups is 1. The summed E-state index contributed by atoms with van der Waals surface area (Å²) < 4.78 is 1.24. The van der Waals surface area contributed by atoms with Crippen LogP contribution in [0.2, 0.25) is 0 Å². The summed E-state index contributed by atoms with van der Waals surface area (Å²) in [4.78, 5) is 57.8. The molecular formula is C15H11IN4O6. The molecule has 1 aromatic heterocycles. The maximum Gasteiger partial charge on any atom is 0.274 e. The van der Waals surface area contributed by atoms with E-state index in [0.717, 1.165) is 0 Å². The van der Waals surface area contributed by atoms with E-state index in [1.807, 2.05) is 0 Å². The van der Waals surface area contributed by atoms with Gasteiger partial charge in [-0.3, -0.25) is 24.0 Å². The minimum absolute atomic E-state index is 0.00784. The topological polar surface area (TPSA) is 148 Å². The average Bonchev–Trinajstić information content (AvgIpc) is 3.07. The van der Waals surface area contributed by atoms with Crippen LogP contribution in [0.15, 0.2) is 30.5 Å². The van der Waals surface area contributed by atoms with Crippen molar-refractivity contribution >= 4 is 52.4 Å². The van der Waals surface area contributed by atoms with Crippen molar-refractivity contribution in [1.82, 2.24) is 18.5 Å². The van der Waals surface area contributed by atoms with Gasteiger partial charge in [0, 0.05) is 6.42 Å². The van der Waals surface area contributed by atoms with Gasteiger partial charge in [0.1, 0.15) is 11.8 Å². The Morgan fingerprint density at radius 3 is 2.42 bits per heavy atom. The fraction of sp³-hybridized carbons (Fsp3) is 0.133. The van der Waals surface area contributed by atoms with E-state index in [2.05, 4.69) is 15.6 Å². The van der Waals surface area contributed by atoms with Gasteiger partial charge in [0.15, 0.2) is 12.0 Å². The molecule has 1 unspecified atom stereocenters. The number of carbonyl (C=O) groups excluding carboxylic acids is 5. The molecule has 0 bridgehead atoms. The summed E-state index contributed by atoms with van der Waals surface area (Å²) in [7, 11) is 0. The molecule has 2 rings (SSSR count). The third kappa shape index (κ3) is 4.78. The van der Waals surface area contributed by atoms with Crippen LogP contribution in [0.25, 0.3) is 0 Å². The van der Waals surface area contributed by atoms with Crippen LogP contribution in [-0.4, -0.2) is 53.9 Å². The number of aldehydes is 1. The molecule has 0 saturated carbocycles. The van der Waals surface area contributed by atoms with Gasteiger partial charge in [0.25, 0.3) is 17.5 Å². The van der Waals surface area contributed by atoms with Crippen molar-refractivity contribution < 1.29 is 29.1 Å². The van der Waals surface area contributed by atoms with E-state index in [-0.39, 0.29) is 24.2 Å². The number of ketones is 3. The number of Topliss-reactive ketones (excluding diaryl/α,β-unsaturated/α-hetero) is 3. The van der Waals surface area contributed by atoms with Crippen LogP contribution >= 0.6 is 22.9 Å². The van der Waals surface area contributed by atoms with Gasteiger partial charge < -0.3 is 10.4 Å². The summed E-state index contributed by atoms with van der Waals surface area (Å²) >= 11 is 1.76. The highest BCUT2D eigenvalue weighted by Crippen LogP contribution is 2.12. The number of hydrogen-bond donors (Lipinski definition) is 2. The molecule has 10 nitrogen and oxygen atoms in total. The van der Waals surface area contributed by atoms with Crippen LogP contribution < -0.4 is 5.32 Å². The Balaban J connectivity index is 2.24. The summed E-state index contributed by atoms with van der Waals surface area (Å²) in [6, 6.07) is 4.28. The first-order chi connectivity index (χ1) is 12.3. The SMILES string of the molecule is O=CC(=O)C(=O)C(=O)C(Cc1ccc(O)cc1)NC(=O)c1cn(I)nn1. The standard InChI is InChI=1S/C15H11IN4O6/c16-20-6-11(18-19-20)15(26)17-10(13(24)14(25)12(23)7-21)5-8-1-3-9(22)4-2-8/h1-4,6-7,10,22H,5H2,(H,17,26). The smallest absolute Gasteiger partial charge is 0.274 e. The third-order valence-corrected chi connectivity index (χ3v) is 3.72. The maximum absolute atomic E-state index is 12.3. The van der Waals surface area contributed by atoms with Gasteiger partial charge in [-0.2, -0.15) is 2.90 Å². The number of halogens is 1. The summed E-state index contributed by atoms with van der Waals surface area (Å²) in [6.45, 7) is 0. The lowest BCUT2D eigenvalue weighted by Gasteiger charge is -2.16. The highest BCUT2D eigenvalue weighted by atomic mass is 127. The molecule has 1 amide bonds. The minimum Gasteiger partial charge on any atom is -0.508 e. The Hall–Kier alpha value is -2.96. The van der Waals surface area contributed by atoms with Crippen molar-refractivity contribution in [3.63, 3.8) is 0 Å². The van der Waals surface area contributed by atoms with Gasteiger partial charge in [-0.1, -0.05) is 17.3 Å². The minimum atomic E-state index is -1.53. The summed E-state index contributed by atoms with van der Waals surface area (Å²) in [6.07, 6.45) is 0.888. The Bertz CT molecular complexity index is 877. The number of nitrogens with one attached hydrogen (secondary N) is 1. The van der Waals surface area contributed by atoms with E-state index < -0.39 is 29.3 Å². The first kappa shape index (κ1) is 19.4. The number of aromatic nitrogens is 3. The number of rotatable bonds is 8. The molecule has 0 aliphatic heterocycles. The van der Waals surface area contributed by atoms with Gasteiger partial charge in [0.2, 0.25) is 5.78 Å². The molecule has 0 aliphatic carbocycles. The zero-order valence-corrected chi connectivity index (χ0v) is 15.1. The van der Waals surface area contributed by atoms with Crippen molar-refractivity contribution in [2.75, 3.05) is 0 Å². The molecular weight excluding hydrogens is 459 g/mol. The van der Waals surface area contributed by atoms with Crippen molar-refractivity contribution in [3.8, 4) is 5.75 Å². The Kier molecular flexibility index (Phi) is 6.27. The van der Waals surface area contributed by atoms with Crippen molar-refractivity contribution in [1.29, 1.82) is 0 Å².